The van der Waals surface area contributed by atoms with E-state index in [1.807, 2.05) is 48.1 Å². The summed E-state index contributed by atoms with van der Waals surface area (Å²) in [5.74, 6) is 0.787. The Hall–Kier alpha value is -3.65. The number of nitrogens with zero attached hydrogens (tertiary/aromatic N) is 8. The quantitative estimate of drug-likeness (QED) is 0.508. The highest BCUT2D eigenvalue weighted by atomic mass is 15.4. The van der Waals surface area contributed by atoms with Crippen LogP contribution in [0.15, 0.2) is 71.5 Å². The molecule has 8 nitrogen and oxygen atoms in total. The number of fused-ring (bicyclic) bond motifs is 1. The molecule has 8 heteroatoms. The zero-order valence-corrected chi connectivity index (χ0v) is 20.0. The lowest BCUT2D eigenvalue weighted by molar-refractivity contribution is 0.105. The van der Waals surface area contributed by atoms with Gasteiger partial charge in [-0.3, -0.25) is 14.6 Å². The highest BCUT2D eigenvalue weighted by molar-refractivity contribution is 6.11. The molecule has 34 heavy (non-hydrogen) atoms. The number of dihydropyridines is 1. The maximum atomic E-state index is 4.62. The van der Waals surface area contributed by atoms with Gasteiger partial charge in [-0.15, -0.1) is 10.2 Å². The second kappa shape index (κ2) is 9.30. The molecule has 0 N–H and O–H groups in total. The summed E-state index contributed by atoms with van der Waals surface area (Å²) in [6, 6.07) is 4.35. The van der Waals surface area contributed by atoms with Crippen LogP contribution in [0.25, 0.3) is 11.2 Å². The fourth-order valence-corrected chi connectivity index (χ4v) is 4.42. The van der Waals surface area contributed by atoms with Gasteiger partial charge in [0.1, 0.15) is 0 Å². The molecule has 1 unspecified atom stereocenters. The summed E-state index contributed by atoms with van der Waals surface area (Å²) in [5.41, 5.74) is 6.05. The van der Waals surface area contributed by atoms with E-state index in [0.717, 1.165) is 59.1 Å². The summed E-state index contributed by atoms with van der Waals surface area (Å²) in [7, 11) is 0. The summed E-state index contributed by atoms with van der Waals surface area (Å²) < 4.78 is 3.91. The summed E-state index contributed by atoms with van der Waals surface area (Å²) in [4.78, 5) is 7.04. The van der Waals surface area contributed by atoms with E-state index in [1.54, 1.807) is 0 Å². The van der Waals surface area contributed by atoms with E-state index in [0.29, 0.717) is 12.6 Å². The van der Waals surface area contributed by atoms with Gasteiger partial charge in [-0.1, -0.05) is 38.7 Å². The van der Waals surface area contributed by atoms with Crippen LogP contribution >= 0.6 is 0 Å². The molecule has 0 saturated carbocycles. The van der Waals surface area contributed by atoms with Crippen molar-refractivity contribution in [2.24, 2.45) is 4.99 Å². The molecule has 2 aliphatic rings. The van der Waals surface area contributed by atoms with E-state index in [2.05, 4.69) is 73.7 Å². The van der Waals surface area contributed by atoms with Gasteiger partial charge in [0.2, 0.25) is 0 Å². The predicted octanol–water partition coefficient (Wildman–Crippen LogP) is 3.82. The minimum absolute atomic E-state index is 0.0135. The molecule has 0 aliphatic carbocycles. The molecule has 0 aromatic carbocycles. The molecule has 3 aromatic heterocycles. The number of hydrogen-bond donors (Lipinski definition) is 0. The van der Waals surface area contributed by atoms with E-state index in [9.17, 15) is 0 Å². The van der Waals surface area contributed by atoms with Gasteiger partial charge in [0.15, 0.2) is 11.5 Å². The molecule has 0 bridgehead atoms. The van der Waals surface area contributed by atoms with Crippen LogP contribution in [0.2, 0.25) is 0 Å². The number of likely N-dealkylation sites (tertiary alicyclic amines) is 1. The highest BCUT2D eigenvalue weighted by Gasteiger charge is 2.27. The average Bonchev–Trinajstić information content (AvgIpc) is 3.45. The Labute approximate surface area is 199 Å². The molecule has 2 aliphatic heterocycles. The van der Waals surface area contributed by atoms with Crippen LogP contribution in [0.4, 0.5) is 0 Å². The molecule has 5 rings (SSSR count). The van der Waals surface area contributed by atoms with Crippen molar-refractivity contribution < 1.29 is 0 Å². The number of likely N-dealkylation sites (N-methyl/N-ethyl adjacent to an activating group) is 1. The third-order valence-electron chi connectivity index (χ3n) is 6.51. The zero-order valence-electron chi connectivity index (χ0n) is 20.0. The van der Waals surface area contributed by atoms with Crippen molar-refractivity contribution in [3.05, 3.63) is 83.6 Å². The van der Waals surface area contributed by atoms with Gasteiger partial charge in [-0.05, 0) is 42.8 Å². The van der Waals surface area contributed by atoms with E-state index in [4.69, 9.17) is 0 Å². The first-order chi connectivity index (χ1) is 16.6. The van der Waals surface area contributed by atoms with Crippen LogP contribution in [0, 0.1) is 6.92 Å². The number of hydrogen-bond acceptors (Lipinski definition) is 6. The fourth-order valence-electron chi connectivity index (χ4n) is 4.42. The predicted molar refractivity (Wildman–Crippen MR) is 135 cm³/mol. The van der Waals surface area contributed by atoms with Gasteiger partial charge in [0, 0.05) is 42.6 Å². The smallest absolute Gasteiger partial charge is 0.177 e. The first-order valence-corrected chi connectivity index (χ1v) is 11.8. The maximum Gasteiger partial charge on any atom is 0.177 e. The van der Waals surface area contributed by atoms with E-state index in [1.165, 1.54) is 0 Å². The van der Waals surface area contributed by atoms with Crippen LogP contribution in [-0.4, -0.2) is 66.9 Å². The molecule has 174 valence electrons. The Bertz CT molecular complexity index is 1330. The molecule has 1 atom stereocenters. The topological polar surface area (TPSA) is 76.5 Å². The van der Waals surface area contributed by atoms with Crippen molar-refractivity contribution in [3.8, 4) is 0 Å². The van der Waals surface area contributed by atoms with Gasteiger partial charge in [-0.2, -0.15) is 14.7 Å². The second-order valence-corrected chi connectivity index (χ2v) is 8.93. The Morgan fingerprint density at radius 3 is 2.91 bits per heavy atom. The summed E-state index contributed by atoms with van der Waals surface area (Å²) in [6.45, 7) is 14.0. The van der Waals surface area contributed by atoms with Gasteiger partial charge >= 0.3 is 0 Å². The number of aromatic nitrogens is 6. The Morgan fingerprint density at radius 1 is 1.26 bits per heavy atom. The van der Waals surface area contributed by atoms with E-state index >= 15 is 0 Å². The molecule has 0 amide bonds. The van der Waals surface area contributed by atoms with Gasteiger partial charge in [0.25, 0.3) is 0 Å². The summed E-state index contributed by atoms with van der Waals surface area (Å²) in [6.07, 6.45) is 14.2. The van der Waals surface area contributed by atoms with Gasteiger partial charge in [-0.25, -0.2) is 0 Å². The molecule has 5 heterocycles. The van der Waals surface area contributed by atoms with Crippen LogP contribution in [0.3, 0.4) is 0 Å². The normalized spacial score (nSPS) is 19.4. The Morgan fingerprint density at radius 2 is 2.12 bits per heavy atom. The molecule has 3 aromatic rings. The monoisotopic (exact) mass is 454 g/mol. The molecule has 0 spiro atoms. The molecule has 1 saturated heterocycles. The zero-order chi connectivity index (χ0) is 23.7. The summed E-state index contributed by atoms with van der Waals surface area (Å²) in [5, 5.41) is 17.9. The van der Waals surface area contributed by atoms with Gasteiger partial charge in [0.05, 0.1) is 24.5 Å². The number of aryl methyl sites for hydroxylation is 1. The average molecular weight is 455 g/mol. The van der Waals surface area contributed by atoms with Crippen LogP contribution in [0.5, 0.6) is 0 Å². The Balaban J connectivity index is 1.40. The number of aliphatic imine (C=N–C) groups is 1. The van der Waals surface area contributed by atoms with Crippen molar-refractivity contribution in [2.45, 2.75) is 32.7 Å². The molecule has 0 radical (unpaired) electrons. The minimum Gasteiger partial charge on any atom is -0.299 e. The number of rotatable bonds is 7. The second-order valence-electron chi connectivity index (χ2n) is 8.93. The van der Waals surface area contributed by atoms with Crippen LogP contribution in [-0.2, 0) is 0 Å². The maximum absolute atomic E-state index is 4.62. The molecule has 1 fully saturated rings. The lowest BCUT2D eigenvalue weighted by atomic mass is 9.95. The fraction of sp³-hybridized carbons (Fsp3) is 0.346. The van der Waals surface area contributed by atoms with E-state index < -0.39 is 0 Å². The third kappa shape index (κ3) is 4.28. The first-order valence-electron chi connectivity index (χ1n) is 11.8. The van der Waals surface area contributed by atoms with Crippen molar-refractivity contribution in [1.29, 1.82) is 0 Å². The number of allylic oxidation sites excluding steroid dienone is 5. The van der Waals surface area contributed by atoms with Crippen molar-refractivity contribution in [3.63, 3.8) is 0 Å². The highest BCUT2D eigenvalue weighted by Crippen LogP contribution is 2.28. The Kier molecular flexibility index (Phi) is 6.06. The minimum atomic E-state index is -0.0135. The van der Waals surface area contributed by atoms with Crippen molar-refractivity contribution in [1.82, 2.24) is 34.5 Å². The lowest BCUT2D eigenvalue weighted by Crippen LogP contribution is -2.47. The SMILES string of the molecule is C=C/C=C(\C=C1\C=C(c2cnn(C3CN(CC)C3)c2)C=NC1)C(C)c1nnc2ccc(C)nn12. The van der Waals surface area contributed by atoms with E-state index in [-0.39, 0.29) is 5.92 Å². The third-order valence-corrected chi connectivity index (χ3v) is 6.51. The molecular weight excluding hydrogens is 424 g/mol. The first kappa shape index (κ1) is 22.2. The largest absolute Gasteiger partial charge is 0.299 e. The van der Waals surface area contributed by atoms with Crippen molar-refractivity contribution in [2.75, 3.05) is 26.2 Å². The molecular formula is C26H30N8. The van der Waals surface area contributed by atoms with Crippen molar-refractivity contribution >= 4 is 17.4 Å². The van der Waals surface area contributed by atoms with Crippen LogP contribution in [0.1, 0.15) is 42.9 Å². The van der Waals surface area contributed by atoms with Gasteiger partial charge < -0.3 is 0 Å². The summed E-state index contributed by atoms with van der Waals surface area (Å²) >= 11 is 0. The van der Waals surface area contributed by atoms with Crippen LogP contribution < -0.4 is 0 Å². The standard InChI is InChI=1S/C26H30N8/c1-5-7-21(19(4)26-30-29-25-9-8-18(3)31-34(25)26)10-20-11-22(13-27-12-20)23-14-28-33(15-23)24-16-32(6-2)17-24/h5,7-11,13-15,19,24H,1,6,12,16-17H2,2-4H3/b20-10-,21-7+. The lowest BCUT2D eigenvalue weighted by Gasteiger charge is -2.38.